The number of amides is 1. The van der Waals surface area contributed by atoms with Gasteiger partial charge in [-0.15, -0.1) is 0 Å². The molecule has 0 saturated heterocycles. The van der Waals surface area contributed by atoms with Crippen LogP contribution in [0, 0.1) is 0 Å². The summed E-state index contributed by atoms with van der Waals surface area (Å²) in [6.07, 6.45) is 2.39. The largest absolute Gasteiger partial charge is 0.443 e. The van der Waals surface area contributed by atoms with Crippen molar-refractivity contribution in [1.29, 1.82) is 0 Å². The first-order chi connectivity index (χ1) is 16.8. The Balaban J connectivity index is 1.89. The predicted octanol–water partition coefficient (Wildman–Crippen LogP) is 4.20. The summed E-state index contributed by atoms with van der Waals surface area (Å²) in [5, 5.41) is 14.1. The summed E-state index contributed by atoms with van der Waals surface area (Å²) >= 11 is 0. The highest BCUT2D eigenvalue weighted by Crippen LogP contribution is 2.29. The highest BCUT2D eigenvalue weighted by Gasteiger charge is 2.24. The highest BCUT2D eigenvalue weighted by molar-refractivity contribution is 7.91. The molecule has 0 unspecified atom stereocenters. The quantitative estimate of drug-likeness (QED) is 0.483. The van der Waals surface area contributed by atoms with E-state index in [2.05, 4.69) is 10.3 Å². The molecule has 0 aliphatic heterocycles. The second kappa shape index (κ2) is 10.4. The van der Waals surface area contributed by atoms with Crippen molar-refractivity contribution in [3.8, 4) is 0 Å². The smallest absolute Gasteiger partial charge is 0.418 e. The lowest BCUT2D eigenvalue weighted by Gasteiger charge is -2.21. The number of carbonyl (C=O) groups is 2. The first kappa shape index (κ1) is 27.3. The summed E-state index contributed by atoms with van der Waals surface area (Å²) < 4.78 is 31.0. The van der Waals surface area contributed by atoms with Crippen LogP contribution in [0.25, 0.3) is 10.8 Å². The highest BCUT2D eigenvalue weighted by atomic mass is 32.2. The van der Waals surface area contributed by atoms with Crippen molar-refractivity contribution in [2.24, 2.45) is 0 Å². The summed E-state index contributed by atoms with van der Waals surface area (Å²) in [5.41, 5.74) is 0.799. The first-order valence-electron chi connectivity index (χ1n) is 11.8. The number of hydrogen-bond acceptors (Lipinski definition) is 7. The third-order valence-corrected chi connectivity index (χ3v) is 7.32. The summed E-state index contributed by atoms with van der Waals surface area (Å²) in [6.45, 7) is 10.5. The molecule has 1 amide bonds. The third kappa shape index (κ3) is 5.93. The fraction of sp³-hybridized carbons (Fsp3) is 0.423. The molecule has 2 N–H and O–H groups in total. The van der Waals surface area contributed by atoms with Crippen molar-refractivity contribution in [3.05, 3.63) is 59.7 Å². The fourth-order valence-corrected chi connectivity index (χ4v) is 4.66. The van der Waals surface area contributed by atoms with Gasteiger partial charge in [0.05, 0.1) is 29.0 Å². The second-order valence-corrected chi connectivity index (χ2v) is 12.1. The van der Waals surface area contributed by atoms with Gasteiger partial charge >= 0.3 is 6.09 Å². The monoisotopic (exact) mass is 515 g/mol. The molecule has 9 nitrogen and oxygen atoms in total. The molecular weight excluding hydrogens is 482 g/mol. The molecular formula is C26H33N3O6S. The number of ether oxygens (including phenoxy) is 1. The van der Waals surface area contributed by atoms with E-state index < -0.39 is 40.1 Å². The number of benzene rings is 1. The van der Waals surface area contributed by atoms with E-state index in [4.69, 9.17) is 4.74 Å². The molecule has 2 aromatic heterocycles. The van der Waals surface area contributed by atoms with Crippen LogP contribution in [0.1, 0.15) is 75.2 Å². The Morgan fingerprint density at radius 2 is 1.86 bits per heavy atom. The maximum absolute atomic E-state index is 13.0. The zero-order valence-corrected chi connectivity index (χ0v) is 22.2. The van der Waals surface area contributed by atoms with E-state index in [-0.39, 0.29) is 16.6 Å². The summed E-state index contributed by atoms with van der Waals surface area (Å²) in [4.78, 5) is 30.0. The van der Waals surface area contributed by atoms with E-state index in [1.165, 1.54) is 22.9 Å². The van der Waals surface area contributed by atoms with Gasteiger partial charge in [-0.2, -0.15) is 0 Å². The van der Waals surface area contributed by atoms with E-state index in [9.17, 15) is 23.1 Å². The van der Waals surface area contributed by atoms with Crippen LogP contribution in [-0.2, 0) is 14.6 Å². The van der Waals surface area contributed by atoms with Gasteiger partial charge < -0.3 is 15.2 Å². The molecule has 0 aliphatic carbocycles. The molecule has 3 rings (SSSR count). The Hall–Kier alpha value is -3.24. The number of fused-ring (bicyclic) bond motifs is 1. The van der Waals surface area contributed by atoms with Crippen molar-refractivity contribution in [3.63, 3.8) is 0 Å². The standard InChI is InChI=1S/C26H33N3O6S/c1-7-36(33,34)19-9-11-21(27-13-19)22(15-30)28-24(31)17-8-10-20-18(12-17)14-29(23(20)16(2)3)25(32)35-26(4,5)6/h8-14,16,22,30H,7,15H2,1-6H3,(H,28,31)/t22-/m0/s1. The van der Waals surface area contributed by atoms with Crippen molar-refractivity contribution in [2.75, 3.05) is 12.4 Å². The zero-order chi connectivity index (χ0) is 26.8. The van der Waals surface area contributed by atoms with E-state index in [1.54, 1.807) is 52.1 Å². The van der Waals surface area contributed by atoms with Crippen LogP contribution in [0.2, 0.25) is 0 Å². The molecule has 3 aromatic rings. The van der Waals surface area contributed by atoms with Crippen LogP contribution < -0.4 is 5.32 Å². The van der Waals surface area contributed by atoms with E-state index >= 15 is 0 Å². The van der Waals surface area contributed by atoms with Crippen LogP contribution in [0.3, 0.4) is 0 Å². The van der Waals surface area contributed by atoms with Crippen LogP contribution >= 0.6 is 0 Å². The van der Waals surface area contributed by atoms with Gasteiger partial charge in [0, 0.05) is 34.4 Å². The minimum Gasteiger partial charge on any atom is -0.443 e. The molecule has 10 heteroatoms. The number of nitrogens with zero attached hydrogens (tertiary/aromatic N) is 2. The minimum atomic E-state index is -3.41. The lowest BCUT2D eigenvalue weighted by atomic mass is 10.0. The molecule has 194 valence electrons. The zero-order valence-electron chi connectivity index (χ0n) is 21.4. The van der Waals surface area contributed by atoms with Crippen molar-refractivity contribution in [2.45, 2.75) is 64.0 Å². The molecule has 0 radical (unpaired) electrons. The Morgan fingerprint density at radius 1 is 1.17 bits per heavy atom. The predicted molar refractivity (Wildman–Crippen MR) is 137 cm³/mol. The number of nitrogens with one attached hydrogen (secondary N) is 1. The summed E-state index contributed by atoms with van der Waals surface area (Å²) in [6, 6.07) is 7.18. The van der Waals surface area contributed by atoms with Gasteiger partial charge in [0.2, 0.25) is 0 Å². The average Bonchev–Trinajstić information content (AvgIpc) is 3.21. The van der Waals surface area contributed by atoms with Gasteiger partial charge in [0.25, 0.3) is 5.91 Å². The van der Waals surface area contributed by atoms with Crippen molar-refractivity contribution < 1.29 is 27.9 Å². The Morgan fingerprint density at radius 3 is 2.39 bits per heavy atom. The minimum absolute atomic E-state index is 0.0269. The van der Waals surface area contributed by atoms with E-state index in [1.807, 2.05) is 13.8 Å². The number of hydrogen-bond donors (Lipinski definition) is 2. The molecule has 0 aliphatic rings. The molecule has 36 heavy (non-hydrogen) atoms. The van der Waals surface area contributed by atoms with Gasteiger partial charge in [-0.25, -0.2) is 13.2 Å². The van der Waals surface area contributed by atoms with Gasteiger partial charge in [0.15, 0.2) is 9.84 Å². The lowest BCUT2D eigenvalue weighted by Crippen LogP contribution is -2.31. The third-order valence-electron chi connectivity index (χ3n) is 5.60. The summed E-state index contributed by atoms with van der Waals surface area (Å²) in [5.74, 6) is -0.469. The molecule has 1 atom stereocenters. The Kier molecular flexibility index (Phi) is 7.90. The van der Waals surface area contributed by atoms with Gasteiger partial charge in [-0.1, -0.05) is 26.8 Å². The molecule has 0 bridgehead atoms. The van der Waals surface area contributed by atoms with Crippen LogP contribution in [0.5, 0.6) is 0 Å². The maximum Gasteiger partial charge on any atom is 0.418 e. The number of aliphatic hydroxyl groups excluding tert-OH is 1. The molecule has 0 fully saturated rings. The average molecular weight is 516 g/mol. The lowest BCUT2D eigenvalue weighted by molar-refractivity contribution is 0.0532. The fourth-order valence-electron chi connectivity index (χ4n) is 3.84. The number of aliphatic hydroxyl groups is 1. The van der Waals surface area contributed by atoms with Crippen molar-refractivity contribution in [1.82, 2.24) is 14.9 Å². The molecule has 0 saturated carbocycles. The number of aromatic nitrogens is 2. The van der Waals surface area contributed by atoms with Gasteiger partial charge in [-0.05, 0) is 51.0 Å². The van der Waals surface area contributed by atoms with Crippen LogP contribution in [0.4, 0.5) is 4.79 Å². The molecule has 0 spiro atoms. The SMILES string of the molecule is CCS(=O)(=O)c1ccc([C@H](CO)NC(=O)c2ccc3c(C(C)C)n(C(=O)OC(C)(C)C)cc3c2)nc1. The van der Waals surface area contributed by atoms with E-state index in [0.29, 0.717) is 16.6 Å². The number of rotatable bonds is 7. The van der Waals surface area contributed by atoms with Gasteiger partial charge in [0.1, 0.15) is 5.60 Å². The molecule has 1 aromatic carbocycles. The normalized spacial score (nSPS) is 13.1. The number of sulfone groups is 1. The van der Waals surface area contributed by atoms with Crippen LogP contribution in [0.15, 0.2) is 47.6 Å². The van der Waals surface area contributed by atoms with Crippen LogP contribution in [-0.4, -0.2) is 53.0 Å². The van der Waals surface area contributed by atoms with Gasteiger partial charge in [-0.3, -0.25) is 14.3 Å². The summed E-state index contributed by atoms with van der Waals surface area (Å²) in [7, 11) is -3.41. The second-order valence-electron chi connectivity index (χ2n) is 9.85. The Bertz CT molecular complexity index is 1370. The topological polar surface area (TPSA) is 128 Å². The Labute approximate surface area is 211 Å². The number of pyridine rings is 1. The molecule has 2 heterocycles. The first-order valence-corrected chi connectivity index (χ1v) is 13.4. The van der Waals surface area contributed by atoms with Crippen molar-refractivity contribution >= 4 is 32.6 Å². The maximum atomic E-state index is 13.0. The van der Waals surface area contributed by atoms with E-state index in [0.717, 1.165) is 11.1 Å². The number of carbonyl (C=O) groups excluding carboxylic acids is 2.